The monoisotopic (exact) mass is 516 g/mol. The van der Waals surface area contributed by atoms with Crippen LogP contribution in [0.15, 0.2) is 72.8 Å². The Balaban J connectivity index is 1.56. The average Bonchev–Trinajstić information content (AvgIpc) is 2.78. The van der Waals surface area contributed by atoms with Gasteiger partial charge in [0.2, 0.25) is 0 Å². The summed E-state index contributed by atoms with van der Waals surface area (Å²) in [5, 5.41) is 5.63. The Morgan fingerprint density at radius 3 is 2.33 bits per heavy atom. The quantitative estimate of drug-likeness (QED) is 0.439. The number of anilines is 1. The first-order chi connectivity index (χ1) is 14.5. The number of para-hydroxylation sites is 1. The lowest BCUT2D eigenvalue weighted by molar-refractivity contribution is -0.118. The van der Waals surface area contributed by atoms with Crippen molar-refractivity contribution in [2.24, 2.45) is 0 Å². The van der Waals surface area contributed by atoms with E-state index in [1.165, 1.54) is 0 Å². The van der Waals surface area contributed by atoms with Gasteiger partial charge in [-0.05, 0) is 76.7 Å². The van der Waals surface area contributed by atoms with Gasteiger partial charge in [-0.15, -0.1) is 0 Å². The van der Waals surface area contributed by atoms with Gasteiger partial charge in [0.05, 0.1) is 12.7 Å². The Hall–Kier alpha value is -3.07. The van der Waals surface area contributed by atoms with Gasteiger partial charge in [-0.3, -0.25) is 9.59 Å². The molecule has 7 heteroatoms. The maximum absolute atomic E-state index is 12.6. The second-order valence-electron chi connectivity index (χ2n) is 6.37. The molecule has 0 aliphatic carbocycles. The Morgan fingerprint density at radius 2 is 1.63 bits per heavy atom. The minimum Gasteiger partial charge on any atom is -0.497 e. The molecule has 0 fully saturated rings. The molecule has 2 amide bonds. The Morgan fingerprint density at radius 1 is 0.933 bits per heavy atom. The van der Waals surface area contributed by atoms with E-state index in [2.05, 4.69) is 33.2 Å². The zero-order chi connectivity index (χ0) is 21.3. The fourth-order valence-electron chi connectivity index (χ4n) is 2.67. The van der Waals surface area contributed by atoms with Crippen LogP contribution in [0.3, 0.4) is 0 Å². The number of nitrogens with one attached hydrogen (secondary N) is 2. The van der Waals surface area contributed by atoms with Crippen molar-refractivity contribution >= 4 is 40.1 Å². The van der Waals surface area contributed by atoms with Gasteiger partial charge < -0.3 is 20.1 Å². The summed E-state index contributed by atoms with van der Waals surface area (Å²) >= 11 is 2.20. The lowest BCUT2D eigenvalue weighted by Gasteiger charge is -2.12. The number of ether oxygens (including phenoxy) is 2. The molecule has 2 N–H and O–H groups in total. The Bertz CT molecular complexity index is 1000. The number of rotatable bonds is 8. The van der Waals surface area contributed by atoms with E-state index in [4.69, 9.17) is 9.47 Å². The molecule has 154 valence electrons. The molecule has 30 heavy (non-hydrogen) atoms. The predicted octanol–water partition coefficient (Wildman–Crippen LogP) is 4.25. The minimum atomic E-state index is -0.301. The van der Waals surface area contributed by atoms with E-state index in [0.717, 1.165) is 14.9 Å². The highest BCUT2D eigenvalue weighted by molar-refractivity contribution is 14.1. The molecule has 0 atom stereocenters. The molecule has 0 saturated heterocycles. The van der Waals surface area contributed by atoms with E-state index in [1.807, 2.05) is 48.5 Å². The van der Waals surface area contributed by atoms with Crippen molar-refractivity contribution < 1.29 is 19.1 Å². The molecule has 0 radical (unpaired) electrons. The second-order valence-corrected chi connectivity index (χ2v) is 7.62. The Labute approximate surface area is 188 Å². The molecule has 3 aromatic carbocycles. The topological polar surface area (TPSA) is 76.7 Å². The van der Waals surface area contributed by atoms with Gasteiger partial charge >= 0.3 is 0 Å². The summed E-state index contributed by atoms with van der Waals surface area (Å²) in [4.78, 5) is 24.8. The van der Waals surface area contributed by atoms with Crippen molar-refractivity contribution in [3.63, 3.8) is 0 Å². The van der Waals surface area contributed by atoms with Crippen LogP contribution in [0, 0.1) is 3.57 Å². The van der Waals surface area contributed by atoms with Crippen LogP contribution in [0.4, 0.5) is 5.69 Å². The van der Waals surface area contributed by atoms with Gasteiger partial charge in [-0.25, -0.2) is 0 Å². The molecule has 0 spiro atoms. The van der Waals surface area contributed by atoms with Gasteiger partial charge in [0, 0.05) is 15.8 Å². The Kier molecular flexibility index (Phi) is 7.67. The summed E-state index contributed by atoms with van der Waals surface area (Å²) in [5.41, 5.74) is 2.00. The zero-order valence-electron chi connectivity index (χ0n) is 16.4. The molecule has 0 aliphatic heterocycles. The van der Waals surface area contributed by atoms with E-state index in [0.29, 0.717) is 23.5 Å². The summed E-state index contributed by atoms with van der Waals surface area (Å²) in [7, 11) is 1.61. The normalized spacial score (nSPS) is 10.2. The lowest BCUT2D eigenvalue weighted by Crippen LogP contribution is -2.25. The van der Waals surface area contributed by atoms with Gasteiger partial charge in [0.25, 0.3) is 11.8 Å². The molecule has 3 aromatic rings. The smallest absolute Gasteiger partial charge is 0.262 e. The number of hydrogen-bond donors (Lipinski definition) is 2. The maximum atomic E-state index is 12.6. The summed E-state index contributed by atoms with van der Waals surface area (Å²) in [5.74, 6) is 0.527. The summed E-state index contributed by atoms with van der Waals surface area (Å²) < 4.78 is 11.8. The molecule has 0 aromatic heterocycles. The average molecular weight is 516 g/mol. The number of amides is 2. The highest BCUT2D eigenvalue weighted by Crippen LogP contribution is 2.19. The van der Waals surface area contributed by atoms with Crippen LogP contribution in [0.5, 0.6) is 11.5 Å². The van der Waals surface area contributed by atoms with Crippen LogP contribution in [-0.4, -0.2) is 25.5 Å². The molecule has 0 heterocycles. The minimum absolute atomic E-state index is 0.200. The molecular formula is C23H21IN2O4. The van der Waals surface area contributed by atoms with Crippen molar-refractivity contribution in [2.75, 3.05) is 19.0 Å². The van der Waals surface area contributed by atoms with Gasteiger partial charge in [0.15, 0.2) is 6.61 Å². The zero-order valence-corrected chi connectivity index (χ0v) is 18.5. The maximum Gasteiger partial charge on any atom is 0.262 e. The van der Waals surface area contributed by atoms with Gasteiger partial charge in [-0.2, -0.15) is 0 Å². The number of benzene rings is 3. The van der Waals surface area contributed by atoms with E-state index in [-0.39, 0.29) is 18.4 Å². The standard InChI is InChI=1S/C23H21IN2O4/c1-29-19-12-6-16(7-13-19)14-25-23(28)20-4-2-3-5-21(20)30-15-22(27)26-18-10-8-17(24)9-11-18/h2-13H,14-15H2,1H3,(H,25,28)(H,26,27). The molecule has 3 rings (SSSR count). The summed E-state index contributed by atoms with van der Waals surface area (Å²) in [6, 6.07) is 21.7. The summed E-state index contributed by atoms with van der Waals surface area (Å²) in [6.45, 7) is 0.166. The third-order valence-electron chi connectivity index (χ3n) is 4.23. The van der Waals surface area contributed by atoms with Crippen LogP contribution < -0.4 is 20.1 Å². The van der Waals surface area contributed by atoms with Crippen molar-refractivity contribution in [2.45, 2.75) is 6.54 Å². The third-order valence-corrected chi connectivity index (χ3v) is 4.95. The molecular weight excluding hydrogens is 495 g/mol. The number of carbonyl (C=O) groups is 2. The fraction of sp³-hybridized carbons (Fsp3) is 0.130. The third kappa shape index (κ3) is 6.21. The molecule has 0 bridgehead atoms. The highest BCUT2D eigenvalue weighted by atomic mass is 127. The van der Waals surface area contributed by atoms with E-state index >= 15 is 0 Å². The molecule has 0 saturated carbocycles. The highest BCUT2D eigenvalue weighted by Gasteiger charge is 2.13. The van der Waals surface area contributed by atoms with Crippen molar-refractivity contribution in [1.82, 2.24) is 5.32 Å². The van der Waals surface area contributed by atoms with Crippen LogP contribution in [0.1, 0.15) is 15.9 Å². The van der Waals surface area contributed by atoms with Crippen LogP contribution in [-0.2, 0) is 11.3 Å². The molecule has 0 aliphatic rings. The van der Waals surface area contributed by atoms with Crippen molar-refractivity contribution in [1.29, 1.82) is 0 Å². The summed E-state index contributed by atoms with van der Waals surface area (Å²) in [6.07, 6.45) is 0. The number of carbonyl (C=O) groups excluding carboxylic acids is 2. The number of hydrogen-bond acceptors (Lipinski definition) is 4. The van der Waals surface area contributed by atoms with E-state index < -0.39 is 0 Å². The van der Waals surface area contributed by atoms with E-state index in [9.17, 15) is 9.59 Å². The van der Waals surface area contributed by atoms with Crippen LogP contribution in [0.2, 0.25) is 0 Å². The van der Waals surface area contributed by atoms with Crippen molar-refractivity contribution in [3.8, 4) is 11.5 Å². The number of halogens is 1. The fourth-order valence-corrected chi connectivity index (χ4v) is 3.03. The largest absolute Gasteiger partial charge is 0.497 e. The molecule has 6 nitrogen and oxygen atoms in total. The first kappa shape index (κ1) is 21.6. The van der Waals surface area contributed by atoms with Gasteiger partial charge in [-0.1, -0.05) is 24.3 Å². The number of methoxy groups -OCH3 is 1. The first-order valence-electron chi connectivity index (χ1n) is 9.23. The first-order valence-corrected chi connectivity index (χ1v) is 10.3. The van der Waals surface area contributed by atoms with Gasteiger partial charge in [0.1, 0.15) is 11.5 Å². The van der Waals surface area contributed by atoms with Crippen LogP contribution >= 0.6 is 22.6 Å². The predicted molar refractivity (Wildman–Crippen MR) is 124 cm³/mol. The second kappa shape index (κ2) is 10.6. The molecule has 0 unspecified atom stereocenters. The van der Waals surface area contributed by atoms with Crippen molar-refractivity contribution in [3.05, 3.63) is 87.5 Å². The SMILES string of the molecule is COc1ccc(CNC(=O)c2ccccc2OCC(=O)Nc2ccc(I)cc2)cc1. The lowest BCUT2D eigenvalue weighted by atomic mass is 10.1. The van der Waals surface area contributed by atoms with Crippen LogP contribution in [0.25, 0.3) is 0 Å². The van der Waals surface area contributed by atoms with E-state index in [1.54, 1.807) is 31.4 Å².